The molecule has 168 valence electrons. The summed E-state index contributed by atoms with van der Waals surface area (Å²) >= 11 is 0. The Labute approximate surface area is 187 Å². The first kappa shape index (κ1) is 23.1. The number of carbonyl (C=O) groups excluding carboxylic acids is 2. The van der Waals surface area contributed by atoms with Gasteiger partial charge in [-0.15, -0.1) is 0 Å². The first-order valence-electron chi connectivity index (χ1n) is 10.5. The number of hydrogen-bond donors (Lipinski definition) is 0. The van der Waals surface area contributed by atoms with Crippen molar-refractivity contribution in [2.75, 3.05) is 20.2 Å². The zero-order valence-electron chi connectivity index (χ0n) is 18.3. The number of amides is 2. The Balaban J connectivity index is 1.79. The molecule has 0 atom stereocenters. The van der Waals surface area contributed by atoms with Crippen LogP contribution in [0.1, 0.15) is 35.0 Å². The summed E-state index contributed by atoms with van der Waals surface area (Å²) in [5, 5.41) is 0. The van der Waals surface area contributed by atoms with E-state index in [1.807, 2.05) is 6.92 Å². The minimum absolute atomic E-state index is 0.0776. The molecule has 0 bridgehead atoms. The van der Waals surface area contributed by atoms with Crippen LogP contribution in [0.15, 0.2) is 71.3 Å². The summed E-state index contributed by atoms with van der Waals surface area (Å²) in [5.41, 5.74) is 1.24. The lowest BCUT2D eigenvalue weighted by Crippen LogP contribution is -2.42. The van der Waals surface area contributed by atoms with Crippen molar-refractivity contribution in [3.8, 4) is 5.75 Å². The van der Waals surface area contributed by atoms with Crippen molar-refractivity contribution < 1.29 is 23.1 Å². The van der Waals surface area contributed by atoms with E-state index < -0.39 is 0 Å². The Kier molecular flexibility index (Phi) is 8.02. The summed E-state index contributed by atoms with van der Waals surface area (Å²) in [4.78, 5) is 29.5. The molecule has 2 amide bonds. The number of halogens is 1. The fourth-order valence-corrected chi connectivity index (χ4v) is 3.36. The number of rotatable bonds is 10. The normalized spacial score (nSPS) is 10.6. The minimum Gasteiger partial charge on any atom is -0.497 e. The molecule has 2 aromatic carbocycles. The molecule has 0 saturated heterocycles. The van der Waals surface area contributed by atoms with Crippen LogP contribution in [0, 0.1) is 5.82 Å². The standard InChI is InChI=1S/C25H27FN2O4/c1-3-13-27(25(30)20-6-4-7-22(15-20)31-2)18-24(29)28(17-23-8-5-14-32-23)16-19-9-11-21(26)12-10-19/h4-12,14-15H,3,13,16-18H2,1-2H3. The molecule has 0 saturated carbocycles. The number of ether oxygens (including phenoxy) is 1. The van der Waals surface area contributed by atoms with Crippen molar-refractivity contribution in [1.29, 1.82) is 0 Å². The van der Waals surface area contributed by atoms with E-state index in [2.05, 4.69) is 0 Å². The SMILES string of the molecule is CCCN(CC(=O)N(Cc1ccc(F)cc1)Cc1ccco1)C(=O)c1cccc(OC)c1. The van der Waals surface area contributed by atoms with Crippen LogP contribution in [0.5, 0.6) is 5.75 Å². The Morgan fingerprint density at radius 2 is 1.78 bits per heavy atom. The van der Waals surface area contributed by atoms with Crippen LogP contribution >= 0.6 is 0 Å². The maximum absolute atomic E-state index is 13.3. The highest BCUT2D eigenvalue weighted by atomic mass is 19.1. The van der Waals surface area contributed by atoms with Crippen molar-refractivity contribution in [3.05, 3.63) is 89.6 Å². The number of carbonyl (C=O) groups is 2. The molecule has 3 rings (SSSR count). The summed E-state index contributed by atoms with van der Waals surface area (Å²) in [5.74, 6) is 0.404. The lowest BCUT2D eigenvalue weighted by atomic mass is 10.1. The van der Waals surface area contributed by atoms with E-state index in [1.165, 1.54) is 17.0 Å². The molecular formula is C25H27FN2O4. The molecule has 0 aliphatic carbocycles. The van der Waals surface area contributed by atoms with Crippen molar-refractivity contribution in [2.24, 2.45) is 0 Å². The van der Waals surface area contributed by atoms with E-state index in [0.717, 1.165) is 5.56 Å². The average Bonchev–Trinajstić information content (AvgIpc) is 3.32. The molecule has 0 aliphatic rings. The zero-order chi connectivity index (χ0) is 22.9. The second kappa shape index (κ2) is 11.1. The Morgan fingerprint density at radius 3 is 2.44 bits per heavy atom. The Morgan fingerprint density at radius 1 is 1.00 bits per heavy atom. The number of hydrogen-bond acceptors (Lipinski definition) is 4. The molecule has 1 aromatic heterocycles. The van der Waals surface area contributed by atoms with E-state index >= 15 is 0 Å². The van der Waals surface area contributed by atoms with Crippen molar-refractivity contribution in [3.63, 3.8) is 0 Å². The summed E-state index contributed by atoms with van der Waals surface area (Å²) < 4.78 is 23.9. The van der Waals surface area contributed by atoms with E-state index in [-0.39, 0.29) is 37.3 Å². The van der Waals surface area contributed by atoms with Crippen LogP contribution in [0.25, 0.3) is 0 Å². The fraction of sp³-hybridized carbons (Fsp3) is 0.280. The number of benzene rings is 2. The Hall–Kier alpha value is -3.61. The predicted molar refractivity (Wildman–Crippen MR) is 119 cm³/mol. The molecule has 0 spiro atoms. The predicted octanol–water partition coefficient (Wildman–Crippen LogP) is 4.51. The molecule has 0 N–H and O–H groups in total. The highest BCUT2D eigenvalue weighted by Gasteiger charge is 2.23. The molecule has 0 unspecified atom stereocenters. The monoisotopic (exact) mass is 438 g/mol. The summed E-state index contributed by atoms with van der Waals surface area (Å²) in [6.45, 7) is 2.83. The quantitative estimate of drug-likeness (QED) is 0.467. The third-order valence-corrected chi connectivity index (χ3v) is 4.99. The molecule has 1 heterocycles. The Bertz CT molecular complexity index is 1020. The molecule has 0 radical (unpaired) electrons. The lowest BCUT2D eigenvalue weighted by Gasteiger charge is -2.27. The van der Waals surface area contributed by atoms with Crippen LogP contribution in [-0.4, -0.2) is 41.8 Å². The molecule has 7 heteroatoms. The smallest absolute Gasteiger partial charge is 0.254 e. The molecule has 3 aromatic rings. The number of methoxy groups -OCH3 is 1. The van der Waals surface area contributed by atoms with Gasteiger partial charge in [-0.2, -0.15) is 0 Å². The highest BCUT2D eigenvalue weighted by molar-refractivity contribution is 5.96. The summed E-state index contributed by atoms with van der Waals surface area (Å²) in [6, 6.07) is 16.4. The van der Waals surface area contributed by atoms with Gasteiger partial charge in [0, 0.05) is 18.7 Å². The first-order valence-corrected chi connectivity index (χ1v) is 10.5. The van der Waals surface area contributed by atoms with Crippen LogP contribution in [0.4, 0.5) is 4.39 Å². The van der Waals surface area contributed by atoms with Gasteiger partial charge in [-0.1, -0.05) is 25.1 Å². The first-order chi connectivity index (χ1) is 15.5. The van der Waals surface area contributed by atoms with Crippen LogP contribution in [0.2, 0.25) is 0 Å². The third-order valence-electron chi connectivity index (χ3n) is 4.99. The summed E-state index contributed by atoms with van der Waals surface area (Å²) in [7, 11) is 1.54. The third kappa shape index (κ3) is 6.20. The van der Waals surface area contributed by atoms with Gasteiger partial charge in [-0.25, -0.2) is 4.39 Å². The van der Waals surface area contributed by atoms with Crippen molar-refractivity contribution >= 4 is 11.8 Å². The minimum atomic E-state index is -0.337. The fourth-order valence-electron chi connectivity index (χ4n) is 3.36. The zero-order valence-corrected chi connectivity index (χ0v) is 18.3. The van der Waals surface area contributed by atoms with E-state index in [4.69, 9.17) is 9.15 Å². The largest absolute Gasteiger partial charge is 0.497 e. The van der Waals surface area contributed by atoms with Gasteiger partial charge in [0.25, 0.3) is 5.91 Å². The van der Waals surface area contributed by atoms with Gasteiger partial charge >= 0.3 is 0 Å². The summed E-state index contributed by atoms with van der Waals surface area (Å²) in [6.07, 6.45) is 2.25. The van der Waals surface area contributed by atoms with Gasteiger partial charge in [-0.05, 0) is 54.4 Å². The number of furan rings is 1. The average molecular weight is 438 g/mol. The maximum atomic E-state index is 13.3. The van der Waals surface area contributed by atoms with Crippen LogP contribution in [-0.2, 0) is 17.9 Å². The van der Waals surface area contributed by atoms with E-state index in [1.54, 1.807) is 66.8 Å². The molecule has 0 fully saturated rings. The van der Waals surface area contributed by atoms with E-state index in [0.29, 0.717) is 30.0 Å². The van der Waals surface area contributed by atoms with E-state index in [9.17, 15) is 14.0 Å². The van der Waals surface area contributed by atoms with Crippen molar-refractivity contribution in [1.82, 2.24) is 9.80 Å². The van der Waals surface area contributed by atoms with Gasteiger partial charge in [0.05, 0.1) is 19.9 Å². The van der Waals surface area contributed by atoms with Gasteiger partial charge in [-0.3, -0.25) is 9.59 Å². The number of nitrogens with zero attached hydrogens (tertiary/aromatic N) is 2. The van der Waals surface area contributed by atoms with Gasteiger partial charge in [0.15, 0.2) is 0 Å². The highest BCUT2D eigenvalue weighted by Crippen LogP contribution is 2.16. The second-order valence-electron chi connectivity index (χ2n) is 7.41. The molecule has 6 nitrogen and oxygen atoms in total. The van der Waals surface area contributed by atoms with Crippen molar-refractivity contribution in [2.45, 2.75) is 26.4 Å². The second-order valence-corrected chi connectivity index (χ2v) is 7.41. The molecule has 32 heavy (non-hydrogen) atoms. The van der Waals surface area contributed by atoms with Crippen LogP contribution in [0.3, 0.4) is 0 Å². The molecular weight excluding hydrogens is 411 g/mol. The van der Waals surface area contributed by atoms with Gasteiger partial charge in [0.2, 0.25) is 5.91 Å². The van der Waals surface area contributed by atoms with Gasteiger partial charge < -0.3 is 19.0 Å². The molecule has 0 aliphatic heterocycles. The maximum Gasteiger partial charge on any atom is 0.254 e. The topological polar surface area (TPSA) is 63.0 Å². The van der Waals surface area contributed by atoms with Gasteiger partial charge in [0.1, 0.15) is 23.9 Å². The van der Waals surface area contributed by atoms with Crippen LogP contribution < -0.4 is 4.74 Å². The lowest BCUT2D eigenvalue weighted by molar-refractivity contribution is -0.133.